The van der Waals surface area contributed by atoms with E-state index in [-0.39, 0.29) is 25.0 Å². The highest BCUT2D eigenvalue weighted by Gasteiger charge is 2.31. The lowest BCUT2D eigenvalue weighted by Gasteiger charge is -2.24. The van der Waals surface area contributed by atoms with Crippen LogP contribution < -0.4 is 21.7 Å². The van der Waals surface area contributed by atoms with Gasteiger partial charge in [0.2, 0.25) is 17.7 Å². The number of rotatable bonds is 15. The van der Waals surface area contributed by atoms with Crippen molar-refractivity contribution in [1.82, 2.24) is 25.9 Å². The molecule has 14 heteroatoms. The summed E-state index contributed by atoms with van der Waals surface area (Å²) in [5.74, 6) is -4.91. The number of aliphatic carboxylic acids is 2. The van der Waals surface area contributed by atoms with Gasteiger partial charge in [0, 0.05) is 52.8 Å². The van der Waals surface area contributed by atoms with Crippen molar-refractivity contribution < 1.29 is 34.2 Å². The number of carbonyl (C=O) groups excluding carboxylic acids is 3. The van der Waals surface area contributed by atoms with Crippen LogP contribution in [0.25, 0.3) is 21.8 Å². The van der Waals surface area contributed by atoms with E-state index >= 15 is 0 Å². The van der Waals surface area contributed by atoms with E-state index in [4.69, 9.17) is 10.8 Å². The lowest BCUT2D eigenvalue weighted by Crippen LogP contribution is -2.58. The molecule has 44 heavy (non-hydrogen) atoms. The molecular formula is C30H34N6O7S. The summed E-state index contributed by atoms with van der Waals surface area (Å²) in [6.45, 7) is 0. The van der Waals surface area contributed by atoms with Crippen LogP contribution in [0.3, 0.4) is 0 Å². The van der Waals surface area contributed by atoms with Gasteiger partial charge in [-0.2, -0.15) is 12.6 Å². The maximum atomic E-state index is 13.4. The van der Waals surface area contributed by atoms with Crippen LogP contribution in [0, 0.1) is 0 Å². The van der Waals surface area contributed by atoms with Gasteiger partial charge < -0.3 is 41.9 Å². The molecule has 13 nitrogen and oxygen atoms in total. The molecule has 4 rings (SSSR count). The maximum Gasteiger partial charge on any atom is 0.326 e. The van der Waals surface area contributed by atoms with Crippen molar-refractivity contribution in [1.29, 1.82) is 0 Å². The number of hydrogen-bond donors (Lipinski definition) is 9. The summed E-state index contributed by atoms with van der Waals surface area (Å²) in [5.41, 5.74) is 9.38. The second-order valence-corrected chi connectivity index (χ2v) is 10.7. The normalized spacial score (nSPS) is 14.0. The summed E-state index contributed by atoms with van der Waals surface area (Å²) in [7, 11) is 0. The first-order chi connectivity index (χ1) is 21.1. The highest BCUT2D eigenvalue weighted by Crippen LogP contribution is 2.20. The molecule has 0 saturated carbocycles. The Morgan fingerprint density at radius 3 is 1.77 bits per heavy atom. The van der Waals surface area contributed by atoms with Crippen LogP contribution in [-0.2, 0) is 36.8 Å². The number of amides is 3. The van der Waals surface area contributed by atoms with Crippen molar-refractivity contribution in [3.05, 3.63) is 72.1 Å². The molecule has 0 bridgehead atoms. The van der Waals surface area contributed by atoms with Gasteiger partial charge in [-0.05, 0) is 36.1 Å². The smallest absolute Gasteiger partial charge is 0.326 e. The second kappa shape index (κ2) is 14.6. The molecule has 4 atom stereocenters. The van der Waals surface area contributed by atoms with E-state index in [1.807, 2.05) is 48.5 Å². The number of H-pyrrole nitrogens is 2. The molecule has 0 fully saturated rings. The van der Waals surface area contributed by atoms with Gasteiger partial charge in [-0.3, -0.25) is 19.2 Å². The first kappa shape index (κ1) is 32.1. The Bertz CT molecular complexity index is 1670. The molecule has 3 amide bonds. The van der Waals surface area contributed by atoms with Gasteiger partial charge in [0.15, 0.2) is 0 Å². The van der Waals surface area contributed by atoms with Crippen molar-refractivity contribution in [2.75, 3.05) is 5.75 Å². The number of nitrogens with one attached hydrogen (secondary N) is 5. The molecule has 0 spiro atoms. The Balaban J connectivity index is 1.48. The van der Waals surface area contributed by atoms with Crippen LogP contribution >= 0.6 is 12.6 Å². The first-order valence-electron chi connectivity index (χ1n) is 13.9. The van der Waals surface area contributed by atoms with Crippen LogP contribution in [0.1, 0.15) is 24.0 Å². The van der Waals surface area contributed by atoms with Gasteiger partial charge in [-0.1, -0.05) is 36.4 Å². The molecule has 2 heterocycles. The topological polar surface area (TPSA) is 219 Å². The first-order valence-corrected chi connectivity index (χ1v) is 14.5. The number of thiol groups is 1. The zero-order valence-electron chi connectivity index (χ0n) is 23.6. The minimum absolute atomic E-state index is 0.0276. The number of nitrogens with two attached hydrogens (primary N) is 1. The average Bonchev–Trinajstić information content (AvgIpc) is 3.61. The number of aromatic nitrogens is 2. The number of hydrogen-bond acceptors (Lipinski definition) is 7. The zero-order chi connectivity index (χ0) is 31.8. The van der Waals surface area contributed by atoms with E-state index in [9.17, 15) is 29.1 Å². The number of carboxylic acids is 2. The molecule has 0 aliphatic heterocycles. The van der Waals surface area contributed by atoms with Crippen LogP contribution in [0.15, 0.2) is 60.9 Å². The molecule has 4 aromatic rings. The van der Waals surface area contributed by atoms with Gasteiger partial charge in [0.05, 0.1) is 6.04 Å². The molecule has 0 aliphatic carbocycles. The fraction of sp³-hybridized carbons (Fsp3) is 0.300. The monoisotopic (exact) mass is 622 g/mol. The standard InChI is InChI=1S/C30H34N6O7S/c31-20(11-16-13-32-21-7-3-1-5-18(16)21)27(39)36-25(15-44)29(41)35-24(12-17-14-33-22-8-4-2-6-19(17)22)28(40)34-23(30(42)43)9-10-26(37)38/h1-8,13-14,20,23-25,32-33,44H,9-12,15,31H2,(H,34,40)(H,35,41)(H,36,39)(H,37,38)(H,42,43). The van der Waals surface area contributed by atoms with Crippen molar-refractivity contribution in [2.45, 2.75) is 49.9 Å². The Morgan fingerprint density at radius 2 is 1.23 bits per heavy atom. The number of carboxylic acid groups (broad SMARTS) is 2. The van der Waals surface area contributed by atoms with Gasteiger partial charge in [-0.25, -0.2) is 4.79 Å². The molecule has 4 unspecified atom stereocenters. The molecule has 2 aromatic carbocycles. The van der Waals surface area contributed by atoms with E-state index in [1.54, 1.807) is 12.4 Å². The summed E-state index contributed by atoms with van der Waals surface area (Å²) >= 11 is 4.22. The third-order valence-corrected chi connectivity index (χ3v) is 7.63. The molecule has 0 saturated heterocycles. The largest absolute Gasteiger partial charge is 0.481 e. The zero-order valence-corrected chi connectivity index (χ0v) is 24.5. The molecule has 0 radical (unpaired) electrons. The van der Waals surface area contributed by atoms with Gasteiger partial charge >= 0.3 is 11.9 Å². The van der Waals surface area contributed by atoms with E-state index in [0.29, 0.717) is 5.56 Å². The average molecular weight is 623 g/mol. The number of benzene rings is 2. The Morgan fingerprint density at radius 1 is 0.727 bits per heavy atom. The minimum Gasteiger partial charge on any atom is -0.481 e. The van der Waals surface area contributed by atoms with Crippen molar-refractivity contribution in [2.24, 2.45) is 5.73 Å². The highest BCUT2D eigenvalue weighted by atomic mass is 32.1. The van der Waals surface area contributed by atoms with Crippen molar-refractivity contribution in [3.8, 4) is 0 Å². The van der Waals surface area contributed by atoms with E-state index in [2.05, 4.69) is 38.5 Å². The van der Waals surface area contributed by atoms with Gasteiger partial charge in [-0.15, -0.1) is 0 Å². The Labute approximate surface area is 257 Å². The molecule has 0 aliphatic rings. The molecular weight excluding hydrogens is 588 g/mol. The van der Waals surface area contributed by atoms with Crippen LogP contribution in [-0.4, -0.2) is 79.8 Å². The highest BCUT2D eigenvalue weighted by molar-refractivity contribution is 7.80. The third kappa shape index (κ3) is 7.96. The Kier molecular flexibility index (Phi) is 10.6. The number of carbonyl (C=O) groups is 5. The van der Waals surface area contributed by atoms with E-state index in [0.717, 1.165) is 27.4 Å². The predicted octanol–water partition coefficient (Wildman–Crippen LogP) is 1.10. The molecule has 2 aromatic heterocycles. The van der Waals surface area contributed by atoms with Crippen LogP contribution in [0.4, 0.5) is 0 Å². The summed E-state index contributed by atoms with van der Waals surface area (Å²) < 4.78 is 0. The minimum atomic E-state index is -1.50. The lowest BCUT2D eigenvalue weighted by atomic mass is 10.0. The molecule has 9 N–H and O–H groups in total. The number of fused-ring (bicyclic) bond motifs is 2. The van der Waals surface area contributed by atoms with Gasteiger partial charge in [0.1, 0.15) is 18.1 Å². The quantitative estimate of drug-likeness (QED) is 0.0872. The maximum absolute atomic E-state index is 13.4. The number of para-hydroxylation sites is 2. The van der Waals surface area contributed by atoms with Crippen molar-refractivity contribution >= 4 is 64.1 Å². The Hall–Kier alpha value is -4.82. The van der Waals surface area contributed by atoms with Crippen molar-refractivity contribution in [3.63, 3.8) is 0 Å². The fourth-order valence-corrected chi connectivity index (χ4v) is 5.16. The molecule has 232 valence electrons. The summed E-state index contributed by atoms with van der Waals surface area (Å²) in [6.07, 6.45) is 2.79. The van der Waals surface area contributed by atoms with Gasteiger partial charge in [0.25, 0.3) is 0 Å². The summed E-state index contributed by atoms with van der Waals surface area (Å²) in [4.78, 5) is 68.7. The van der Waals surface area contributed by atoms with Crippen LogP contribution in [0.5, 0.6) is 0 Å². The predicted molar refractivity (Wildman–Crippen MR) is 166 cm³/mol. The summed E-state index contributed by atoms with van der Waals surface area (Å²) in [6, 6.07) is 9.96. The van der Waals surface area contributed by atoms with E-state index < -0.39 is 60.2 Å². The second-order valence-electron chi connectivity index (χ2n) is 10.4. The number of aromatic amines is 2. The third-order valence-electron chi connectivity index (χ3n) is 7.26. The van der Waals surface area contributed by atoms with Crippen LogP contribution in [0.2, 0.25) is 0 Å². The SMILES string of the molecule is NC(Cc1c[nH]c2ccccc12)C(=O)NC(CS)C(=O)NC(Cc1c[nH]c2ccccc12)C(=O)NC(CCC(=O)O)C(=O)O. The lowest BCUT2D eigenvalue weighted by molar-refractivity contribution is -0.143. The summed E-state index contributed by atoms with van der Waals surface area (Å²) in [5, 5.41) is 27.8. The van der Waals surface area contributed by atoms with E-state index in [1.165, 1.54) is 0 Å². The fourth-order valence-electron chi connectivity index (χ4n) is 4.90.